The van der Waals surface area contributed by atoms with E-state index in [1.165, 1.54) is 12.5 Å². The predicted molar refractivity (Wildman–Crippen MR) is 133 cm³/mol. The molecule has 1 aromatic heterocycles. The van der Waals surface area contributed by atoms with Gasteiger partial charge in [0, 0.05) is 30.5 Å². The third-order valence-corrected chi connectivity index (χ3v) is 5.68. The molecule has 0 radical (unpaired) electrons. The topological polar surface area (TPSA) is 179 Å². The molecule has 35 heavy (non-hydrogen) atoms. The molecule has 2 aromatic rings. The first-order valence-corrected chi connectivity index (χ1v) is 11.8. The number of imidazole rings is 1. The Morgan fingerprint density at radius 3 is 2.20 bits per heavy atom. The monoisotopic (exact) mass is 504 g/mol. The fourth-order valence-corrected chi connectivity index (χ4v) is 3.45. The Hall–Kier alpha value is -3.38. The molecule has 0 saturated carbocycles. The number of carbonyl (C=O) groups is 4. The van der Waals surface area contributed by atoms with Crippen molar-refractivity contribution in [1.29, 1.82) is 0 Å². The molecule has 11 nitrogen and oxygen atoms in total. The molecular weight excluding hydrogens is 472 g/mol. The molecule has 3 amide bonds. The van der Waals surface area contributed by atoms with Gasteiger partial charge in [0.2, 0.25) is 17.7 Å². The van der Waals surface area contributed by atoms with E-state index < -0.39 is 47.9 Å². The van der Waals surface area contributed by atoms with E-state index in [1.807, 2.05) is 6.07 Å². The van der Waals surface area contributed by atoms with Crippen LogP contribution in [0.25, 0.3) is 0 Å². The maximum Gasteiger partial charge on any atom is 0.326 e. The van der Waals surface area contributed by atoms with Crippen LogP contribution >= 0.6 is 12.6 Å². The fraction of sp³-hybridized carbons (Fsp3) is 0.435. The highest BCUT2D eigenvalue weighted by Crippen LogP contribution is 2.08. The van der Waals surface area contributed by atoms with Crippen LogP contribution in [0.3, 0.4) is 0 Å². The molecule has 0 fully saturated rings. The summed E-state index contributed by atoms with van der Waals surface area (Å²) in [4.78, 5) is 57.0. The van der Waals surface area contributed by atoms with Crippen LogP contribution in [0.2, 0.25) is 0 Å². The second-order valence-electron chi connectivity index (χ2n) is 8.45. The van der Waals surface area contributed by atoms with Gasteiger partial charge in [-0.15, -0.1) is 0 Å². The first kappa shape index (κ1) is 27.9. The van der Waals surface area contributed by atoms with Crippen molar-refractivity contribution in [2.75, 3.05) is 5.75 Å². The minimum Gasteiger partial charge on any atom is -0.480 e. The number of H-pyrrole nitrogens is 1. The Morgan fingerprint density at radius 2 is 1.66 bits per heavy atom. The number of carboxylic acid groups (broad SMARTS) is 1. The van der Waals surface area contributed by atoms with Gasteiger partial charge in [0.25, 0.3) is 0 Å². The van der Waals surface area contributed by atoms with Crippen LogP contribution < -0.4 is 21.7 Å². The molecule has 7 N–H and O–H groups in total. The third-order valence-electron chi connectivity index (χ3n) is 5.29. The van der Waals surface area contributed by atoms with Gasteiger partial charge in [-0.2, -0.15) is 12.6 Å². The van der Waals surface area contributed by atoms with E-state index in [2.05, 4.69) is 38.5 Å². The van der Waals surface area contributed by atoms with Gasteiger partial charge in [-0.1, -0.05) is 44.2 Å². The summed E-state index contributed by atoms with van der Waals surface area (Å²) in [6, 6.07) is 4.70. The van der Waals surface area contributed by atoms with Crippen LogP contribution in [0.4, 0.5) is 0 Å². The molecule has 2 rings (SSSR count). The average Bonchev–Trinajstić information content (AvgIpc) is 3.34. The number of aliphatic carboxylic acids is 1. The smallest absolute Gasteiger partial charge is 0.326 e. The lowest BCUT2D eigenvalue weighted by Crippen LogP contribution is -2.59. The summed E-state index contributed by atoms with van der Waals surface area (Å²) in [6.07, 6.45) is 3.11. The lowest BCUT2D eigenvalue weighted by atomic mass is 10.0. The SMILES string of the molecule is CC(C)C(NC(=O)C(Cc1cnc[nH]1)NC(=O)C(N)CS)C(=O)NC(Cc1ccccc1)C(=O)O. The van der Waals surface area contributed by atoms with Gasteiger partial charge in [-0.3, -0.25) is 14.4 Å². The molecule has 1 heterocycles. The molecule has 0 aliphatic rings. The number of hydrogen-bond acceptors (Lipinski definition) is 7. The quantitative estimate of drug-likeness (QED) is 0.182. The standard InChI is InChI=1S/C23H32N6O5S/c1-13(2)19(22(32)28-18(23(33)34)8-14-6-4-3-5-7-14)29-21(31)17(9-15-10-25-12-26-15)27-20(30)16(24)11-35/h3-7,10,12-13,16-19,35H,8-9,11,24H2,1-2H3,(H,25,26)(H,27,30)(H,28,32)(H,29,31)(H,33,34). The van der Waals surface area contributed by atoms with Gasteiger partial charge in [0.15, 0.2) is 0 Å². The number of aromatic nitrogens is 2. The molecule has 0 bridgehead atoms. The van der Waals surface area contributed by atoms with Crippen molar-refractivity contribution in [3.63, 3.8) is 0 Å². The van der Waals surface area contributed by atoms with E-state index in [4.69, 9.17) is 5.73 Å². The molecule has 0 saturated heterocycles. The number of nitrogens with zero attached hydrogens (tertiary/aromatic N) is 1. The Morgan fingerprint density at radius 1 is 1.00 bits per heavy atom. The number of nitrogens with two attached hydrogens (primary N) is 1. The summed E-state index contributed by atoms with van der Waals surface area (Å²) in [6.45, 7) is 3.44. The summed E-state index contributed by atoms with van der Waals surface area (Å²) >= 11 is 4.01. The minimum absolute atomic E-state index is 0.0784. The first-order chi connectivity index (χ1) is 16.6. The lowest BCUT2D eigenvalue weighted by molar-refractivity contribution is -0.142. The Bertz CT molecular complexity index is 986. The zero-order valence-electron chi connectivity index (χ0n) is 19.6. The fourth-order valence-electron chi connectivity index (χ4n) is 3.29. The Balaban J connectivity index is 2.15. The normalized spacial score (nSPS) is 14.4. The van der Waals surface area contributed by atoms with Crippen LogP contribution in [-0.2, 0) is 32.0 Å². The van der Waals surface area contributed by atoms with Crippen LogP contribution in [0, 0.1) is 5.92 Å². The molecule has 4 unspecified atom stereocenters. The van der Waals surface area contributed by atoms with Crippen molar-refractivity contribution in [2.45, 2.75) is 50.9 Å². The van der Waals surface area contributed by atoms with Gasteiger partial charge in [-0.05, 0) is 11.5 Å². The molecule has 1 aromatic carbocycles. The highest BCUT2D eigenvalue weighted by Gasteiger charge is 2.32. The predicted octanol–water partition coefficient (Wildman–Crippen LogP) is -0.353. The number of carbonyl (C=O) groups excluding carboxylic acids is 3. The summed E-state index contributed by atoms with van der Waals surface area (Å²) in [5, 5.41) is 17.4. The summed E-state index contributed by atoms with van der Waals surface area (Å²) < 4.78 is 0. The van der Waals surface area contributed by atoms with E-state index in [1.54, 1.807) is 38.1 Å². The van der Waals surface area contributed by atoms with E-state index >= 15 is 0 Å². The van der Waals surface area contributed by atoms with E-state index in [9.17, 15) is 24.3 Å². The van der Waals surface area contributed by atoms with Gasteiger partial charge in [0.1, 0.15) is 18.1 Å². The van der Waals surface area contributed by atoms with Gasteiger partial charge >= 0.3 is 5.97 Å². The molecule has 12 heteroatoms. The van der Waals surface area contributed by atoms with Gasteiger partial charge in [0.05, 0.1) is 12.4 Å². The van der Waals surface area contributed by atoms with Crippen molar-refractivity contribution in [3.8, 4) is 0 Å². The summed E-state index contributed by atoms with van der Waals surface area (Å²) in [5.74, 6) is -3.31. The third kappa shape index (κ3) is 8.72. The van der Waals surface area contributed by atoms with Crippen molar-refractivity contribution in [2.24, 2.45) is 11.7 Å². The van der Waals surface area contributed by atoms with Crippen molar-refractivity contribution >= 4 is 36.3 Å². The van der Waals surface area contributed by atoms with Crippen LogP contribution in [0.1, 0.15) is 25.1 Å². The zero-order valence-corrected chi connectivity index (χ0v) is 20.5. The van der Waals surface area contributed by atoms with Gasteiger partial charge in [-0.25, -0.2) is 9.78 Å². The van der Waals surface area contributed by atoms with E-state index in [0.29, 0.717) is 5.69 Å². The van der Waals surface area contributed by atoms with Gasteiger partial charge < -0.3 is 31.8 Å². The number of hydrogen-bond donors (Lipinski definition) is 7. The maximum atomic E-state index is 13.1. The first-order valence-electron chi connectivity index (χ1n) is 11.1. The molecule has 4 atom stereocenters. The van der Waals surface area contributed by atoms with Crippen LogP contribution in [-0.4, -0.2) is 68.7 Å². The second-order valence-corrected chi connectivity index (χ2v) is 8.82. The number of amides is 3. The Kier molecular flexibility index (Phi) is 10.7. The lowest BCUT2D eigenvalue weighted by Gasteiger charge is -2.27. The number of benzene rings is 1. The number of rotatable bonds is 13. The van der Waals surface area contributed by atoms with Crippen molar-refractivity contribution < 1.29 is 24.3 Å². The van der Waals surface area contributed by atoms with Crippen LogP contribution in [0.5, 0.6) is 0 Å². The number of thiol groups is 1. The summed E-state index contributed by atoms with van der Waals surface area (Å²) in [5.41, 5.74) is 7.05. The van der Waals surface area contributed by atoms with Crippen LogP contribution in [0.15, 0.2) is 42.9 Å². The van der Waals surface area contributed by atoms with Crippen molar-refractivity contribution in [3.05, 3.63) is 54.1 Å². The molecule has 0 spiro atoms. The van der Waals surface area contributed by atoms with Crippen molar-refractivity contribution in [1.82, 2.24) is 25.9 Å². The number of nitrogens with one attached hydrogen (secondary N) is 4. The highest BCUT2D eigenvalue weighted by atomic mass is 32.1. The van der Waals surface area contributed by atoms with E-state index in [-0.39, 0.29) is 24.5 Å². The van der Waals surface area contributed by atoms with E-state index in [0.717, 1.165) is 5.56 Å². The largest absolute Gasteiger partial charge is 0.480 e. The zero-order chi connectivity index (χ0) is 26.0. The number of aromatic amines is 1. The maximum absolute atomic E-state index is 13.1. The highest BCUT2D eigenvalue weighted by molar-refractivity contribution is 7.80. The average molecular weight is 505 g/mol. The number of carboxylic acids is 1. The molecule has 0 aliphatic carbocycles. The minimum atomic E-state index is -1.19. The second kappa shape index (κ2) is 13.5. The molecule has 190 valence electrons. The summed E-state index contributed by atoms with van der Waals surface area (Å²) in [7, 11) is 0. The molecule has 0 aliphatic heterocycles. The Labute approximate surface area is 209 Å². The molecular formula is C23H32N6O5S.